The molecule has 0 fully saturated rings. The smallest absolute Gasteiger partial charge is 0.408 e. The van der Waals surface area contributed by atoms with E-state index in [2.05, 4.69) is 28.1 Å². The molecule has 15 nitrogen and oxygen atoms in total. The van der Waals surface area contributed by atoms with Gasteiger partial charge in [-0.3, -0.25) is 19.0 Å². The molecule has 3 amide bonds. The molecule has 0 spiro atoms. The Morgan fingerprint density at radius 2 is 1.58 bits per heavy atom. The van der Waals surface area contributed by atoms with Crippen LogP contribution in [0.5, 0.6) is 5.75 Å². The number of nitrogens with one attached hydrogen (secondary N) is 3. The Labute approximate surface area is 382 Å². The number of benzene rings is 3. The second-order valence-electron chi connectivity index (χ2n) is 18.3. The van der Waals surface area contributed by atoms with Crippen molar-refractivity contribution in [1.29, 1.82) is 0 Å². The number of para-hydroxylation sites is 1. The van der Waals surface area contributed by atoms with E-state index in [-0.39, 0.29) is 49.8 Å². The number of aromatic nitrogens is 2. The van der Waals surface area contributed by atoms with Gasteiger partial charge in [-0.05, 0) is 92.8 Å². The summed E-state index contributed by atoms with van der Waals surface area (Å²) < 4.78 is 24.6. The average Bonchev–Trinajstić information content (AvgIpc) is 3.81. The molecule has 1 aliphatic carbocycles. The molecule has 0 radical (unpaired) electrons. The van der Waals surface area contributed by atoms with E-state index in [0.29, 0.717) is 24.2 Å². The molecule has 0 unspecified atom stereocenters. The van der Waals surface area contributed by atoms with Crippen molar-refractivity contribution in [2.75, 3.05) is 19.8 Å². The number of rotatable bonds is 14. The fourth-order valence-corrected chi connectivity index (χ4v) is 9.09. The average molecular weight is 898 g/mol. The number of carbonyl (C=O) groups excluding carboxylic acids is 5. The van der Waals surface area contributed by atoms with Crippen molar-refractivity contribution in [2.45, 2.75) is 103 Å². The first kappa shape index (κ1) is 45.5. The molecule has 2 aromatic heterocycles. The molecule has 8 rings (SSSR count). The summed E-state index contributed by atoms with van der Waals surface area (Å²) >= 11 is 0. The number of carbonyl (C=O) groups is 5. The maximum atomic E-state index is 14.3. The number of hydrogen-bond acceptors (Lipinski definition) is 11. The van der Waals surface area contributed by atoms with E-state index in [9.17, 15) is 28.8 Å². The Bertz CT molecular complexity index is 2750. The minimum absolute atomic E-state index is 0.0273. The largest absolute Gasteiger partial charge is 0.479 e. The highest BCUT2D eigenvalue weighted by molar-refractivity contribution is 5.96. The molecule has 344 valence electrons. The summed E-state index contributed by atoms with van der Waals surface area (Å²) in [6.45, 7) is 10.3. The number of amides is 3. The van der Waals surface area contributed by atoms with Gasteiger partial charge in [0.15, 0.2) is 12.4 Å². The quantitative estimate of drug-likeness (QED) is 0.0566. The first-order valence-electron chi connectivity index (χ1n) is 22.5. The lowest BCUT2D eigenvalue weighted by molar-refractivity contribution is -0.176. The zero-order valence-electron chi connectivity index (χ0n) is 38.0. The monoisotopic (exact) mass is 897 g/mol. The molecule has 2 aliphatic heterocycles. The van der Waals surface area contributed by atoms with Crippen molar-refractivity contribution in [1.82, 2.24) is 25.5 Å². The summed E-state index contributed by atoms with van der Waals surface area (Å²) in [6, 6.07) is 25.0. The highest BCUT2D eigenvalue weighted by Crippen LogP contribution is 2.45. The van der Waals surface area contributed by atoms with Gasteiger partial charge < -0.3 is 34.9 Å². The van der Waals surface area contributed by atoms with E-state index < -0.39 is 71.2 Å². The van der Waals surface area contributed by atoms with E-state index >= 15 is 0 Å². The van der Waals surface area contributed by atoms with Gasteiger partial charge in [0.25, 0.3) is 5.56 Å². The number of ketones is 1. The molecule has 15 heteroatoms. The summed E-state index contributed by atoms with van der Waals surface area (Å²) in [5.74, 6) is -2.87. The first-order chi connectivity index (χ1) is 31.6. The number of Topliss-reactive ketones (excluding diaryl/α,β-unsaturated/α-hetero) is 1. The van der Waals surface area contributed by atoms with Gasteiger partial charge in [0.2, 0.25) is 17.3 Å². The van der Waals surface area contributed by atoms with Gasteiger partial charge in [-0.1, -0.05) is 87.5 Å². The van der Waals surface area contributed by atoms with Gasteiger partial charge >= 0.3 is 18.2 Å². The molecule has 0 saturated heterocycles. The number of alkyl carbamates (subject to hydrolysis) is 2. The SMILES string of the molecule is CC[C@@]1(OC(=O)[C@H](NC(=O)[C@H](CCCCNC(=O)OCC2c3ccccc3-c3ccccc32)NC(=O)OC(C)(C)C)C(C)C)C(=O)COc2c1cc1n(c2=O)Cc2cc3ccccc3nc2-1. The van der Waals surface area contributed by atoms with Crippen LogP contribution in [-0.4, -0.2) is 76.8 Å². The zero-order valence-corrected chi connectivity index (χ0v) is 38.0. The number of pyridine rings is 2. The van der Waals surface area contributed by atoms with Gasteiger partial charge in [0.1, 0.15) is 24.3 Å². The second kappa shape index (κ2) is 18.5. The summed E-state index contributed by atoms with van der Waals surface area (Å²) in [7, 11) is 0. The molecule has 3 aliphatic rings. The summed E-state index contributed by atoms with van der Waals surface area (Å²) in [5, 5.41) is 9.10. The van der Waals surface area contributed by atoms with E-state index in [1.807, 2.05) is 66.7 Å². The van der Waals surface area contributed by atoms with Gasteiger partial charge in [0.05, 0.1) is 29.0 Å². The normalized spacial score (nSPS) is 16.7. The number of unbranched alkanes of at least 4 members (excludes halogenated alkanes) is 1. The molecule has 0 bridgehead atoms. The standard InChI is InChI=1S/C51H55N5O10/c1-7-51(37-25-40-43-31(24-30-16-8-13-21-38(30)53-43)26-56(40)46(59)44(37)63-28-41(51)57)65-47(60)42(29(2)3)55-45(58)39(54-49(62)66-50(4,5)6)22-14-15-23-52-48(61)64-27-36-34-19-11-9-17-32(34)33-18-10-12-20-35(33)36/h8-13,16-21,24-25,29,36,39,42H,7,14-15,22-23,26-28H2,1-6H3,(H,52,61)(H,54,62)(H,55,58)/t39-,42+,51-/m0/s1. The number of nitrogens with zero attached hydrogens (tertiary/aromatic N) is 2. The van der Waals surface area contributed by atoms with Crippen molar-refractivity contribution in [2.24, 2.45) is 5.92 Å². The van der Waals surface area contributed by atoms with Crippen molar-refractivity contribution in [3.63, 3.8) is 0 Å². The molecule has 66 heavy (non-hydrogen) atoms. The zero-order chi connectivity index (χ0) is 46.9. The molecular weight excluding hydrogens is 843 g/mol. The van der Waals surface area contributed by atoms with E-state index in [0.717, 1.165) is 38.7 Å². The third kappa shape index (κ3) is 8.98. The van der Waals surface area contributed by atoms with E-state index in [1.165, 1.54) is 0 Å². The second-order valence-corrected chi connectivity index (χ2v) is 18.3. The first-order valence-corrected chi connectivity index (χ1v) is 22.5. The number of ether oxygens (including phenoxy) is 4. The van der Waals surface area contributed by atoms with Crippen LogP contribution in [0.1, 0.15) is 95.4 Å². The lowest BCUT2D eigenvalue weighted by Gasteiger charge is -2.37. The number of esters is 1. The van der Waals surface area contributed by atoms with Crippen molar-refractivity contribution >= 4 is 40.7 Å². The van der Waals surface area contributed by atoms with Gasteiger partial charge in [-0.15, -0.1) is 0 Å². The highest BCUT2D eigenvalue weighted by Gasteiger charge is 2.51. The maximum absolute atomic E-state index is 14.3. The van der Waals surface area contributed by atoms with Crippen LogP contribution >= 0.6 is 0 Å². The Morgan fingerprint density at radius 3 is 2.26 bits per heavy atom. The molecular formula is C51H55N5O10. The number of fused-ring (bicyclic) bond motifs is 8. The van der Waals surface area contributed by atoms with Crippen LogP contribution in [0.2, 0.25) is 0 Å². The van der Waals surface area contributed by atoms with Crippen LogP contribution in [0.15, 0.2) is 89.7 Å². The minimum atomic E-state index is -1.91. The molecule has 0 saturated carbocycles. The Kier molecular flexibility index (Phi) is 12.7. The molecule has 5 aromatic rings. The van der Waals surface area contributed by atoms with Crippen LogP contribution in [0, 0.1) is 5.92 Å². The number of hydrogen-bond donors (Lipinski definition) is 3. The van der Waals surface area contributed by atoms with Gasteiger partial charge in [-0.2, -0.15) is 0 Å². The van der Waals surface area contributed by atoms with Crippen LogP contribution in [0.25, 0.3) is 33.4 Å². The lowest BCUT2D eigenvalue weighted by atomic mass is 9.84. The Balaban J connectivity index is 0.935. The highest BCUT2D eigenvalue weighted by atomic mass is 16.6. The summed E-state index contributed by atoms with van der Waals surface area (Å²) in [6.07, 6.45) is -0.495. The fraction of sp³-hybridized carbons (Fsp3) is 0.392. The summed E-state index contributed by atoms with van der Waals surface area (Å²) in [5.41, 5.74) is 3.91. The predicted molar refractivity (Wildman–Crippen MR) is 246 cm³/mol. The summed E-state index contributed by atoms with van der Waals surface area (Å²) in [4.78, 5) is 87.1. The Hall–Kier alpha value is -7.03. The third-order valence-electron chi connectivity index (χ3n) is 12.4. The topological polar surface area (TPSA) is 193 Å². The van der Waals surface area contributed by atoms with Crippen LogP contribution in [-0.2, 0) is 40.7 Å². The van der Waals surface area contributed by atoms with Gasteiger partial charge in [-0.25, -0.2) is 19.4 Å². The fourth-order valence-electron chi connectivity index (χ4n) is 9.09. The van der Waals surface area contributed by atoms with E-state index in [4.69, 9.17) is 23.9 Å². The molecule has 3 aromatic carbocycles. The lowest BCUT2D eigenvalue weighted by Crippen LogP contribution is -2.56. The van der Waals surface area contributed by atoms with Crippen molar-refractivity contribution in [3.8, 4) is 28.3 Å². The predicted octanol–water partition coefficient (Wildman–Crippen LogP) is 7.28. The van der Waals surface area contributed by atoms with Crippen molar-refractivity contribution in [3.05, 3.63) is 118 Å². The van der Waals surface area contributed by atoms with Gasteiger partial charge in [0, 0.05) is 23.4 Å². The van der Waals surface area contributed by atoms with Crippen molar-refractivity contribution < 1.29 is 42.9 Å². The van der Waals surface area contributed by atoms with E-state index in [1.54, 1.807) is 52.2 Å². The molecule has 4 heterocycles. The molecule has 3 atom stereocenters. The molecule has 3 N–H and O–H groups in total. The van der Waals surface area contributed by atoms with Crippen LogP contribution < -0.4 is 26.2 Å². The van der Waals surface area contributed by atoms with Crippen LogP contribution in [0.3, 0.4) is 0 Å². The third-order valence-corrected chi connectivity index (χ3v) is 12.4. The minimum Gasteiger partial charge on any atom is -0.479 e. The Morgan fingerprint density at radius 1 is 0.894 bits per heavy atom. The maximum Gasteiger partial charge on any atom is 0.408 e. The van der Waals surface area contributed by atoms with Crippen LogP contribution in [0.4, 0.5) is 9.59 Å².